The minimum atomic E-state index is 0.0347. The first kappa shape index (κ1) is 11.8. The molecule has 0 fully saturated rings. The summed E-state index contributed by atoms with van der Waals surface area (Å²) in [5.74, 6) is 0.356. The Morgan fingerprint density at radius 3 is 1.75 bits per heavy atom. The Kier molecular flexibility index (Phi) is 4.60. The van der Waals surface area contributed by atoms with Crippen LogP contribution in [0.5, 0.6) is 11.5 Å². The Morgan fingerprint density at radius 1 is 0.812 bits per heavy atom. The number of phenols is 2. The van der Waals surface area contributed by atoms with Crippen molar-refractivity contribution in [2.45, 2.75) is 0 Å². The topological polar surface area (TPSA) is 57.5 Å². The SMILES string of the molecule is O=Cc1ccccc1O.Oc1ccccc1. The first-order valence-corrected chi connectivity index (χ1v) is 4.71. The van der Waals surface area contributed by atoms with Gasteiger partial charge >= 0.3 is 0 Å². The van der Waals surface area contributed by atoms with Crippen LogP contribution in [0.2, 0.25) is 0 Å². The van der Waals surface area contributed by atoms with Crippen molar-refractivity contribution in [1.82, 2.24) is 0 Å². The van der Waals surface area contributed by atoms with Crippen LogP contribution in [0, 0.1) is 0 Å². The summed E-state index contributed by atoms with van der Waals surface area (Å²) in [5, 5.41) is 17.5. The quantitative estimate of drug-likeness (QED) is 0.720. The fourth-order valence-electron chi connectivity index (χ4n) is 1.02. The van der Waals surface area contributed by atoms with Gasteiger partial charge in [0.25, 0.3) is 0 Å². The Morgan fingerprint density at radius 2 is 1.38 bits per heavy atom. The van der Waals surface area contributed by atoms with E-state index in [0.717, 1.165) is 0 Å². The van der Waals surface area contributed by atoms with Gasteiger partial charge in [0, 0.05) is 0 Å². The second kappa shape index (κ2) is 6.24. The third-order valence-corrected chi connectivity index (χ3v) is 1.82. The molecule has 0 bridgehead atoms. The molecule has 0 aliphatic carbocycles. The lowest BCUT2D eigenvalue weighted by molar-refractivity contribution is 0.112. The molecule has 0 radical (unpaired) electrons. The predicted octanol–water partition coefficient (Wildman–Crippen LogP) is 2.60. The molecule has 0 amide bonds. The van der Waals surface area contributed by atoms with Crippen LogP contribution >= 0.6 is 0 Å². The summed E-state index contributed by atoms with van der Waals surface area (Å²) in [6.07, 6.45) is 0.620. The molecule has 2 N–H and O–H groups in total. The molecule has 3 heteroatoms. The van der Waals surface area contributed by atoms with Crippen molar-refractivity contribution < 1.29 is 15.0 Å². The maximum absolute atomic E-state index is 10.1. The maximum Gasteiger partial charge on any atom is 0.153 e. The summed E-state index contributed by atoms with van der Waals surface area (Å²) in [6, 6.07) is 15.1. The molecule has 2 aromatic rings. The summed E-state index contributed by atoms with van der Waals surface area (Å²) < 4.78 is 0. The van der Waals surface area contributed by atoms with Gasteiger partial charge in [0.05, 0.1) is 5.56 Å². The number of aldehydes is 1. The van der Waals surface area contributed by atoms with E-state index in [1.807, 2.05) is 6.07 Å². The fourth-order valence-corrected chi connectivity index (χ4v) is 1.02. The third kappa shape index (κ3) is 3.84. The van der Waals surface area contributed by atoms with Crippen molar-refractivity contribution in [3.05, 3.63) is 60.2 Å². The standard InChI is InChI=1S/C7H6O2.C6H6O/c8-5-6-3-1-2-4-7(6)9;7-6-4-2-1-3-5-6/h1-5,9H;1-5,7H. The molecular weight excluding hydrogens is 204 g/mol. The van der Waals surface area contributed by atoms with Crippen LogP contribution in [-0.4, -0.2) is 16.5 Å². The van der Waals surface area contributed by atoms with E-state index in [1.165, 1.54) is 6.07 Å². The zero-order valence-corrected chi connectivity index (χ0v) is 8.58. The molecule has 0 saturated heterocycles. The number of rotatable bonds is 1. The van der Waals surface area contributed by atoms with Crippen molar-refractivity contribution in [1.29, 1.82) is 0 Å². The number of benzene rings is 2. The average Bonchev–Trinajstić information content (AvgIpc) is 2.31. The molecule has 0 atom stereocenters. The molecule has 0 aromatic heterocycles. The molecular formula is C13H12O3. The first-order chi connectivity index (χ1) is 7.74. The maximum atomic E-state index is 10.1. The molecule has 0 heterocycles. The van der Waals surface area contributed by atoms with Crippen LogP contribution in [-0.2, 0) is 0 Å². The minimum absolute atomic E-state index is 0.0347. The molecule has 82 valence electrons. The van der Waals surface area contributed by atoms with Gasteiger partial charge in [-0.2, -0.15) is 0 Å². The highest BCUT2D eigenvalue weighted by atomic mass is 16.3. The molecule has 2 aromatic carbocycles. The van der Waals surface area contributed by atoms with Crippen LogP contribution in [0.3, 0.4) is 0 Å². The van der Waals surface area contributed by atoms with E-state index in [2.05, 4.69) is 0 Å². The zero-order valence-electron chi connectivity index (χ0n) is 8.58. The highest BCUT2D eigenvalue weighted by Crippen LogP contribution is 2.11. The van der Waals surface area contributed by atoms with E-state index in [0.29, 0.717) is 17.6 Å². The van der Waals surface area contributed by atoms with Gasteiger partial charge in [-0.3, -0.25) is 4.79 Å². The van der Waals surface area contributed by atoms with E-state index in [4.69, 9.17) is 10.2 Å². The molecule has 3 nitrogen and oxygen atoms in total. The number of carbonyl (C=O) groups excluding carboxylic acids is 1. The number of phenolic OH excluding ortho intramolecular Hbond substituents is 2. The van der Waals surface area contributed by atoms with Crippen LogP contribution in [0.25, 0.3) is 0 Å². The highest BCUT2D eigenvalue weighted by Gasteiger charge is 1.93. The predicted molar refractivity (Wildman–Crippen MR) is 61.6 cm³/mol. The largest absolute Gasteiger partial charge is 0.508 e. The monoisotopic (exact) mass is 216 g/mol. The Labute approximate surface area is 93.6 Å². The van der Waals surface area contributed by atoms with Gasteiger partial charge in [0.1, 0.15) is 11.5 Å². The van der Waals surface area contributed by atoms with Gasteiger partial charge in [-0.15, -0.1) is 0 Å². The molecule has 0 saturated carbocycles. The van der Waals surface area contributed by atoms with Crippen molar-refractivity contribution in [2.24, 2.45) is 0 Å². The number of aromatic hydroxyl groups is 2. The first-order valence-electron chi connectivity index (χ1n) is 4.71. The Bertz CT molecular complexity index is 438. The number of para-hydroxylation sites is 2. The summed E-state index contributed by atoms with van der Waals surface area (Å²) in [4.78, 5) is 10.1. The molecule has 0 unspecified atom stereocenters. The number of carbonyl (C=O) groups is 1. The van der Waals surface area contributed by atoms with E-state index >= 15 is 0 Å². The van der Waals surface area contributed by atoms with Gasteiger partial charge in [0.2, 0.25) is 0 Å². The highest BCUT2D eigenvalue weighted by molar-refractivity contribution is 5.78. The van der Waals surface area contributed by atoms with Gasteiger partial charge in [-0.05, 0) is 24.3 Å². The second-order valence-corrected chi connectivity index (χ2v) is 3.01. The smallest absolute Gasteiger partial charge is 0.153 e. The lowest BCUT2D eigenvalue weighted by atomic mass is 10.2. The molecule has 0 spiro atoms. The van der Waals surface area contributed by atoms with E-state index in [-0.39, 0.29) is 5.75 Å². The van der Waals surface area contributed by atoms with E-state index < -0.39 is 0 Å². The summed E-state index contributed by atoms with van der Waals surface area (Å²) in [5.41, 5.74) is 0.331. The van der Waals surface area contributed by atoms with Gasteiger partial charge < -0.3 is 10.2 Å². The minimum Gasteiger partial charge on any atom is -0.508 e. The van der Waals surface area contributed by atoms with E-state index in [9.17, 15) is 4.79 Å². The zero-order chi connectivity index (χ0) is 11.8. The molecule has 0 aliphatic rings. The van der Waals surface area contributed by atoms with Gasteiger partial charge in [0.15, 0.2) is 6.29 Å². The van der Waals surface area contributed by atoms with Crippen LogP contribution < -0.4 is 0 Å². The van der Waals surface area contributed by atoms with Crippen molar-refractivity contribution in [2.75, 3.05) is 0 Å². The Balaban J connectivity index is 0.000000165. The lowest BCUT2D eigenvalue weighted by Crippen LogP contribution is -1.77. The van der Waals surface area contributed by atoms with Crippen LogP contribution in [0.15, 0.2) is 54.6 Å². The molecule has 0 aliphatic heterocycles. The van der Waals surface area contributed by atoms with Crippen molar-refractivity contribution >= 4 is 6.29 Å². The fraction of sp³-hybridized carbons (Fsp3) is 0. The lowest BCUT2D eigenvalue weighted by Gasteiger charge is -1.91. The average molecular weight is 216 g/mol. The normalized spacial score (nSPS) is 8.75. The van der Waals surface area contributed by atoms with Crippen molar-refractivity contribution in [3.8, 4) is 11.5 Å². The molecule has 16 heavy (non-hydrogen) atoms. The third-order valence-electron chi connectivity index (χ3n) is 1.82. The number of hydrogen-bond acceptors (Lipinski definition) is 3. The van der Waals surface area contributed by atoms with Crippen LogP contribution in [0.1, 0.15) is 10.4 Å². The van der Waals surface area contributed by atoms with Crippen LogP contribution in [0.4, 0.5) is 0 Å². The van der Waals surface area contributed by atoms with Crippen molar-refractivity contribution in [3.63, 3.8) is 0 Å². The van der Waals surface area contributed by atoms with Gasteiger partial charge in [-0.25, -0.2) is 0 Å². The summed E-state index contributed by atoms with van der Waals surface area (Å²) in [7, 11) is 0. The van der Waals surface area contributed by atoms with E-state index in [1.54, 1.807) is 42.5 Å². The van der Waals surface area contributed by atoms with Gasteiger partial charge in [-0.1, -0.05) is 30.3 Å². The molecule has 2 rings (SSSR count). The Hall–Kier alpha value is -2.29. The summed E-state index contributed by atoms with van der Waals surface area (Å²) in [6.45, 7) is 0. The second-order valence-electron chi connectivity index (χ2n) is 3.01. The number of hydrogen-bond donors (Lipinski definition) is 2. The summed E-state index contributed by atoms with van der Waals surface area (Å²) >= 11 is 0.